The summed E-state index contributed by atoms with van der Waals surface area (Å²) in [4.78, 5) is 29.1. The lowest BCUT2D eigenvalue weighted by atomic mass is 10.3. The molecule has 27 heavy (non-hydrogen) atoms. The Morgan fingerprint density at radius 2 is 1.93 bits per heavy atom. The van der Waals surface area contributed by atoms with Crippen molar-refractivity contribution in [1.82, 2.24) is 24.5 Å². The van der Waals surface area contributed by atoms with Gasteiger partial charge in [0.1, 0.15) is 12.9 Å². The minimum atomic E-state index is -0.441. The minimum Gasteiger partial charge on any atom is -0.324 e. The van der Waals surface area contributed by atoms with E-state index in [9.17, 15) is 9.59 Å². The molecular weight excluding hydrogens is 368 g/mol. The van der Waals surface area contributed by atoms with Crippen molar-refractivity contribution >= 4 is 34.4 Å². The molecule has 134 valence electrons. The predicted octanol–water partition coefficient (Wildman–Crippen LogP) is 2.27. The Balaban J connectivity index is 1.61. The highest BCUT2D eigenvalue weighted by molar-refractivity contribution is 6.30. The monoisotopic (exact) mass is 380 g/mol. The zero-order chi connectivity index (χ0) is 18.8. The van der Waals surface area contributed by atoms with Crippen molar-refractivity contribution in [3.63, 3.8) is 0 Å². The van der Waals surface area contributed by atoms with Crippen LogP contribution in [-0.4, -0.2) is 30.5 Å². The number of anilines is 1. The summed E-state index contributed by atoms with van der Waals surface area (Å²) in [6.07, 6.45) is 1.31. The lowest BCUT2D eigenvalue weighted by Gasteiger charge is -2.07. The van der Waals surface area contributed by atoms with Crippen molar-refractivity contribution in [2.75, 3.05) is 5.32 Å². The fourth-order valence-corrected chi connectivity index (χ4v) is 2.81. The molecule has 0 unspecified atom stereocenters. The van der Waals surface area contributed by atoms with Gasteiger partial charge < -0.3 is 5.32 Å². The second kappa shape index (κ2) is 7.00. The van der Waals surface area contributed by atoms with Crippen LogP contribution in [0.3, 0.4) is 0 Å². The van der Waals surface area contributed by atoms with Crippen molar-refractivity contribution in [2.45, 2.75) is 6.54 Å². The molecule has 2 aromatic carbocycles. The van der Waals surface area contributed by atoms with Crippen LogP contribution in [0, 0.1) is 0 Å². The number of halogens is 1. The molecule has 0 bridgehead atoms. The quantitative estimate of drug-likeness (QED) is 0.586. The number of carbonyl (C=O) groups excluding carboxylic acids is 1. The smallest absolute Gasteiger partial charge is 0.284 e. The molecule has 9 heteroatoms. The molecular formula is C18H13ClN6O2. The van der Waals surface area contributed by atoms with Gasteiger partial charge in [-0.05, 0) is 30.3 Å². The summed E-state index contributed by atoms with van der Waals surface area (Å²) in [6, 6.07) is 16.0. The van der Waals surface area contributed by atoms with Gasteiger partial charge in [0, 0.05) is 10.7 Å². The Hall–Kier alpha value is -3.52. The third kappa shape index (κ3) is 3.42. The maximum absolute atomic E-state index is 12.6. The third-order valence-electron chi connectivity index (χ3n) is 3.85. The molecule has 0 radical (unpaired) electrons. The van der Waals surface area contributed by atoms with Gasteiger partial charge in [0.15, 0.2) is 11.2 Å². The highest BCUT2D eigenvalue weighted by atomic mass is 35.5. The lowest BCUT2D eigenvalue weighted by Crippen LogP contribution is -2.28. The molecule has 0 spiro atoms. The number of benzene rings is 2. The Bertz CT molecular complexity index is 1190. The van der Waals surface area contributed by atoms with E-state index in [1.807, 2.05) is 30.3 Å². The molecule has 0 fully saturated rings. The summed E-state index contributed by atoms with van der Waals surface area (Å²) in [5.41, 5.74) is 1.27. The molecule has 0 atom stereocenters. The van der Waals surface area contributed by atoms with Gasteiger partial charge in [-0.1, -0.05) is 41.1 Å². The number of carbonyl (C=O) groups is 1. The number of hydrogen-bond acceptors (Lipinski definition) is 5. The fourth-order valence-electron chi connectivity index (χ4n) is 2.62. The Labute approximate surface area is 158 Å². The molecule has 1 amide bonds. The first kappa shape index (κ1) is 16.9. The van der Waals surface area contributed by atoms with E-state index in [4.69, 9.17) is 11.6 Å². The number of nitrogens with one attached hydrogen (secondary N) is 1. The van der Waals surface area contributed by atoms with Crippen LogP contribution in [0.2, 0.25) is 5.02 Å². The molecule has 2 aromatic heterocycles. The van der Waals surface area contributed by atoms with Gasteiger partial charge in [0.05, 0.1) is 5.69 Å². The van der Waals surface area contributed by atoms with Crippen LogP contribution < -0.4 is 10.9 Å². The largest absolute Gasteiger partial charge is 0.324 e. The number of fused-ring (bicyclic) bond motifs is 1. The number of nitrogens with zero attached hydrogens (tertiary/aromatic N) is 5. The summed E-state index contributed by atoms with van der Waals surface area (Å²) in [7, 11) is 0. The van der Waals surface area contributed by atoms with E-state index in [2.05, 4.69) is 20.6 Å². The third-order valence-corrected chi connectivity index (χ3v) is 4.09. The molecule has 4 rings (SSSR count). The topological polar surface area (TPSA) is 94.7 Å². The van der Waals surface area contributed by atoms with Gasteiger partial charge in [0.2, 0.25) is 5.91 Å². The van der Waals surface area contributed by atoms with Crippen LogP contribution in [0.4, 0.5) is 5.69 Å². The SMILES string of the molecule is O=C(Cn1cnc2c(nnn2-c2ccccc2)c1=O)Nc1cccc(Cl)c1. The average Bonchev–Trinajstić information content (AvgIpc) is 3.09. The second-order valence-electron chi connectivity index (χ2n) is 5.75. The van der Waals surface area contributed by atoms with Crippen LogP contribution >= 0.6 is 11.6 Å². The number of para-hydroxylation sites is 1. The van der Waals surface area contributed by atoms with Crippen molar-refractivity contribution in [3.8, 4) is 5.69 Å². The summed E-state index contributed by atoms with van der Waals surface area (Å²) in [5, 5.41) is 11.1. The molecule has 1 N–H and O–H groups in total. The van der Waals surface area contributed by atoms with E-state index < -0.39 is 5.56 Å². The van der Waals surface area contributed by atoms with Gasteiger partial charge >= 0.3 is 0 Å². The van der Waals surface area contributed by atoms with E-state index in [1.165, 1.54) is 15.6 Å². The van der Waals surface area contributed by atoms with Gasteiger partial charge in [-0.3, -0.25) is 14.2 Å². The number of aromatic nitrogens is 5. The molecule has 8 nitrogen and oxygen atoms in total. The van der Waals surface area contributed by atoms with Crippen LogP contribution in [0.15, 0.2) is 65.7 Å². The summed E-state index contributed by atoms with van der Waals surface area (Å²) >= 11 is 5.90. The maximum atomic E-state index is 12.6. The normalized spacial score (nSPS) is 10.9. The first-order valence-corrected chi connectivity index (χ1v) is 8.41. The summed E-state index contributed by atoms with van der Waals surface area (Å²) in [5.74, 6) is -0.379. The Morgan fingerprint density at radius 1 is 1.11 bits per heavy atom. The van der Waals surface area contributed by atoms with Crippen LogP contribution in [0.5, 0.6) is 0 Å². The maximum Gasteiger partial charge on any atom is 0.284 e. The molecule has 0 aliphatic heterocycles. The van der Waals surface area contributed by atoms with E-state index in [1.54, 1.807) is 24.3 Å². The van der Waals surface area contributed by atoms with Crippen LogP contribution in [0.1, 0.15) is 0 Å². The molecule has 0 aliphatic rings. The number of amides is 1. The first-order valence-electron chi connectivity index (χ1n) is 8.03. The Morgan fingerprint density at radius 3 is 2.70 bits per heavy atom. The van der Waals surface area contributed by atoms with Gasteiger partial charge in [-0.2, -0.15) is 4.68 Å². The van der Waals surface area contributed by atoms with Crippen LogP contribution in [0.25, 0.3) is 16.9 Å². The summed E-state index contributed by atoms with van der Waals surface area (Å²) in [6.45, 7) is -0.202. The molecule has 0 saturated carbocycles. The van der Waals surface area contributed by atoms with E-state index in [0.29, 0.717) is 16.4 Å². The predicted molar refractivity (Wildman–Crippen MR) is 101 cm³/mol. The van der Waals surface area contributed by atoms with Gasteiger partial charge in [-0.15, -0.1) is 5.10 Å². The zero-order valence-electron chi connectivity index (χ0n) is 13.9. The highest BCUT2D eigenvalue weighted by Crippen LogP contribution is 2.15. The molecule has 2 heterocycles. The van der Waals surface area contributed by atoms with Crippen molar-refractivity contribution in [1.29, 1.82) is 0 Å². The summed E-state index contributed by atoms with van der Waals surface area (Å²) < 4.78 is 2.67. The van der Waals surface area contributed by atoms with E-state index in [0.717, 1.165) is 5.69 Å². The standard InChI is InChI=1S/C18H13ClN6O2/c19-12-5-4-6-13(9-12)21-15(26)10-24-11-20-17-16(18(24)27)22-23-25(17)14-7-2-1-3-8-14/h1-9,11H,10H2,(H,21,26). The molecule has 4 aromatic rings. The average molecular weight is 381 g/mol. The minimum absolute atomic E-state index is 0.0944. The molecule has 0 saturated heterocycles. The van der Waals surface area contributed by atoms with Crippen molar-refractivity contribution in [3.05, 3.63) is 76.3 Å². The Kier molecular flexibility index (Phi) is 4.39. The zero-order valence-corrected chi connectivity index (χ0v) is 14.7. The van der Waals surface area contributed by atoms with Gasteiger partial charge in [-0.25, -0.2) is 4.98 Å². The lowest BCUT2D eigenvalue weighted by molar-refractivity contribution is -0.116. The van der Waals surface area contributed by atoms with Crippen molar-refractivity contribution < 1.29 is 4.79 Å². The van der Waals surface area contributed by atoms with Gasteiger partial charge in [0.25, 0.3) is 5.56 Å². The first-order chi connectivity index (χ1) is 13.1. The fraction of sp³-hybridized carbons (Fsp3) is 0.0556. The van der Waals surface area contributed by atoms with E-state index >= 15 is 0 Å². The highest BCUT2D eigenvalue weighted by Gasteiger charge is 2.14. The van der Waals surface area contributed by atoms with Crippen molar-refractivity contribution in [2.24, 2.45) is 0 Å². The number of hydrogen-bond donors (Lipinski definition) is 1. The van der Waals surface area contributed by atoms with E-state index in [-0.39, 0.29) is 18.0 Å². The molecule has 0 aliphatic carbocycles. The second-order valence-corrected chi connectivity index (χ2v) is 6.18. The number of rotatable bonds is 4. The van der Waals surface area contributed by atoms with Crippen LogP contribution in [-0.2, 0) is 11.3 Å².